The van der Waals surface area contributed by atoms with Crippen molar-refractivity contribution in [2.45, 2.75) is 0 Å². The van der Waals surface area contributed by atoms with E-state index in [1.165, 1.54) is 13.2 Å². The molecule has 0 unspecified atom stereocenters. The molecule has 1 aromatic heterocycles. The first-order valence-corrected chi connectivity index (χ1v) is 6.22. The van der Waals surface area contributed by atoms with Gasteiger partial charge in [0.25, 0.3) is 5.91 Å². The van der Waals surface area contributed by atoms with Crippen LogP contribution in [0.15, 0.2) is 12.1 Å². The molecule has 1 amide bonds. The summed E-state index contributed by atoms with van der Waals surface area (Å²) in [6, 6.07) is 3.16. The van der Waals surface area contributed by atoms with Crippen molar-refractivity contribution in [2.24, 2.45) is 11.0 Å². The first kappa shape index (κ1) is 11.2. The van der Waals surface area contributed by atoms with Crippen LogP contribution in [-0.4, -0.2) is 13.0 Å². The second-order valence-electron chi connectivity index (χ2n) is 2.47. The van der Waals surface area contributed by atoms with Crippen molar-refractivity contribution in [3.8, 4) is 5.06 Å². The van der Waals surface area contributed by atoms with Crippen LogP contribution in [0.4, 0.5) is 0 Å². The first-order chi connectivity index (χ1) is 6.42. The van der Waals surface area contributed by atoms with Crippen LogP contribution in [0, 0.1) is 0 Å². The van der Waals surface area contributed by atoms with E-state index in [0.29, 0.717) is 9.94 Å². The SMILES string of the molecule is COc1ccc(C(=O)NP(N)(N)=O)s1. The van der Waals surface area contributed by atoms with E-state index in [1.54, 1.807) is 6.07 Å². The fraction of sp³-hybridized carbons (Fsp3) is 0.167. The zero-order chi connectivity index (χ0) is 10.8. The highest BCUT2D eigenvalue weighted by atomic mass is 32.1. The molecule has 1 heterocycles. The summed E-state index contributed by atoms with van der Waals surface area (Å²) in [6.45, 7) is 0. The maximum absolute atomic E-state index is 11.3. The summed E-state index contributed by atoms with van der Waals surface area (Å²) in [5.41, 5.74) is 9.98. The summed E-state index contributed by atoms with van der Waals surface area (Å²) >= 11 is 1.12. The summed E-state index contributed by atoms with van der Waals surface area (Å²) in [6.07, 6.45) is 0. The number of carbonyl (C=O) groups excluding carboxylic acids is 1. The van der Waals surface area contributed by atoms with Gasteiger partial charge in [-0.3, -0.25) is 25.5 Å². The zero-order valence-electron chi connectivity index (χ0n) is 7.39. The average molecular weight is 235 g/mol. The fourth-order valence-electron chi connectivity index (χ4n) is 0.766. The van der Waals surface area contributed by atoms with Crippen LogP contribution in [0.1, 0.15) is 9.67 Å². The number of hydrogen-bond donors (Lipinski definition) is 3. The van der Waals surface area contributed by atoms with Gasteiger partial charge in [0.1, 0.15) is 0 Å². The minimum absolute atomic E-state index is 0.345. The minimum atomic E-state index is -3.52. The van der Waals surface area contributed by atoms with Crippen LogP contribution in [0.3, 0.4) is 0 Å². The summed E-state index contributed by atoms with van der Waals surface area (Å²) in [5, 5.41) is 2.58. The molecule has 0 saturated heterocycles. The molecule has 0 saturated carbocycles. The minimum Gasteiger partial charge on any atom is -0.487 e. The lowest BCUT2D eigenvalue weighted by Crippen LogP contribution is -2.27. The van der Waals surface area contributed by atoms with E-state index in [0.717, 1.165) is 11.3 Å². The van der Waals surface area contributed by atoms with Crippen molar-refractivity contribution in [1.82, 2.24) is 5.09 Å². The quantitative estimate of drug-likeness (QED) is 0.661. The van der Waals surface area contributed by atoms with Gasteiger partial charge in [-0.15, -0.1) is 0 Å². The Labute approximate surface area is 84.8 Å². The summed E-state index contributed by atoms with van der Waals surface area (Å²) < 4.78 is 15.8. The third-order valence-corrected chi connectivity index (χ3v) is 2.88. The van der Waals surface area contributed by atoms with Crippen LogP contribution < -0.4 is 20.8 Å². The van der Waals surface area contributed by atoms with Crippen LogP contribution in [0.25, 0.3) is 0 Å². The van der Waals surface area contributed by atoms with Crippen molar-refractivity contribution in [1.29, 1.82) is 0 Å². The van der Waals surface area contributed by atoms with Gasteiger partial charge in [0.05, 0.1) is 12.0 Å². The summed E-state index contributed by atoms with van der Waals surface area (Å²) in [7, 11) is -2.03. The molecule has 1 aromatic rings. The maximum atomic E-state index is 11.3. The highest BCUT2D eigenvalue weighted by Gasteiger charge is 2.16. The lowest BCUT2D eigenvalue weighted by molar-refractivity contribution is 0.0984. The van der Waals surface area contributed by atoms with Crippen molar-refractivity contribution in [3.05, 3.63) is 17.0 Å². The number of methoxy groups -OCH3 is 1. The largest absolute Gasteiger partial charge is 0.487 e. The molecule has 5 N–H and O–H groups in total. The highest BCUT2D eigenvalue weighted by molar-refractivity contribution is 7.57. The summed E-state index contributed by atoms with van der Waals surface area (Å²) in [5.74, 6) is -0.563. The van der Waals surface area contributed by atoms with Gasteiger partial charge in [-0.1, -0.05) is 11.3 Å². The number of hydrogen-bond acceptors (Lipinski definition) is 4. The molecule has 14 heavy (non-hydrogen) atoms. The molecule has 8 heteroatoms. The number of ether oxygens (including phenoxy) is 1. The molecular weight excluding hydrogens is 225 g/mol. The number of carbonyl (C=O) groups is 1. The van der Waals surface area contributed by atoms with Crippen LogP contribution in [0.2, 0.25) is 0 Å². The van der Waals surface area contributed by atoms with Crippen molar-refractivity contribution < 1.29 is 14.1 Å². The lowest BCUT2D eigenvalue weighted by Gasteiger charge is -2.06. The van der Waals surface area contributed by atoms with Crippen LogP contribution in [0.5, 0.6) is 5.06 Å². The van der Waals surface area contributed by atoms with Gasteiger partial charge in [-0.25, -0.2) is 0 Å². The third-order valence-electron chi connectivity index (χ3n) is 1.28. The number of amides is 1. The lowest BCUT2D eigenvalue weighted by atomic mass is 10.4. The smallest absolute Gasteiger partial charge is 0.300 e. The van der Waals surface area contributed by atoms with E-state index in [-0.39, 0.29) is 0 Å². The number of rotatable bonds is 3. The maximum Gasteiger partial charge on any atom is 0.300 e. The topological polar surface area (TPSA) is 107 Å². The van der Waals surface area contributed by atoms with E-state index in [1.807, 2.05) is 5.09 Å². The van der Waals surface area contributed by atoms with E-state index in [9.17, 15) is 9.36 Å². The van der Waals surface area contributed by atoms with Crippen molar-refractivity contribution >= 4 is 24.8 Å². The zero-order valence-corrected chi connectivity index (χ0v) is 9.10. The fourth-order valence-corrected chi connectivity index (χ4v) is 2.00. The van der Waals surface area contributed by atoms with Gasteiger partial charge >= 0.3 is 7.59 Å². The molecule has 0 aliphatic heterocycles. The Balaban J connectivity index is 2.75. The Hall–Kier alpha value is -0.880. The first-order valence-electron chi connectivity index (χ1n) is 3.56. The second-order valence-corrected chi connectivity index (χ2v) is 5.16. The monoisotopic (exact) mass is 235 g/mol. The van der Waals surface area contributed by atoms with E-state index >= 15 is 0 Å². The van der Waals surface area contributed by atoms with Crippen molar-refractivity contribution in [2.75, 3.05) is 7.11 Å². The molecule has 0 aromatic carbocycles. The molecule has 0 radical (unpaired) electrons. The van der Waals surface area contributed by atoms with Gasteiger partial charge in [-0.05, 0) is 12.1 Å². The van der Waals surface area contributed by atoms with E-state index in [4.69, 9.17) is 15.7 Å². The van der Waals surface area contributed by atoms with Crippen LogP contribution in [-0.2, 0) is 4.57 Å². The Morgan fingerprint density at radius 3 is 2.64 bits per heavy atom. The molecule has 0 aliphatic rings. The predicted octanol–water partition coefficient (Wildman–Crippen LogP) is 0.512. The standard InChI is InChI=1S/C6H10N3O3PS/c1-12-5-3-2-4(14-5)6(10)9-13(7,8)11/h2-3H,1H3,(H5,7,8,9,10,11). The average Bonchev–Trinajstić information content (AvgIpc) is 2.48. The Morgan fingerprint density at radius 1 is 1.57 bits per heavy atom. The van der Waals surface area contributed by atoms with Gasteiger partial charge in [0.15, 0.2) is 5.06 Å². The molecule has 78 valence electrons. The Kier molecular flexibility index (Phi) is 3.28. The number of nitrogens with one attached hydrogen (secondary N) is 1. The van der Waals surface area contributed by atoms with Gasteiger partial charge in [0.2, 0.25) is 0 Å². The van der Waals surface area contributed by atoms with Gasteiger partial charge < -0.3 is 4.74 Å². The Morgan fingerprint density at radius 2 is 2.21 bits per heavy atom. The van der Waals surface area contributed by atoms with Gasteiger partial charge in [0, 0.05) is 0 Å². The molecule has 1 rings (SSSR count). The predicted molar refractivity (Wildman–Crippen MR) is 54.3 cm³/mol. The molecular formula is C6H10N3O3PS. The molecule has 0 fully saturated rings. The molecule has 0 spiro atoms. The Bertz CT molecular complexity index is 385. The third kappa shape index (κ3) is 3.12. The molecule has 0 atom stereocenters. The van der Waals surface area contributed by atoms with E-state index in [2.05, 4.69) is 0 Å². The number of thiophene rings is 1. The number of nitrogens with two attached hydrogens (primary N) is 2. The van der Waals surface area contributed by atoms with Crippen molar-refractivity contribution in [3.63, 3.8) is 0 Å². The molecule has 0 bridgehead atoms. The van der Waals surface area contributed by atoms with Gasteiger partial charge in [-0.2, -0.15) is 0 Å². The normalized spacial score (nSPS) is 11.1. The molecule has 0 aliphatic carbocycles. The van der Waals surface area contributed by atoms with E-state index < -0.39 is 13.5 Å². The second kappa shape index (κ2) is 4.10. The highest BCUT2D eigenvalue weighted by Crippen LogP contribution is 2.26. The summed E-state index contributed by atoms with van der Waals surface area (Å²) in [4.78, 5) is 11.6. The van der Waals surface area contributed by atoms with Crippen LogP contribution >= 0.6 is 18.9 Å². The molecule has 6 nitrogen and oxygen atoms in total.